The number of carbonyl (C=O) groups excluding carboxylic acids is 1. The van der Waals surface area contributed by atoms with Gasteiger partial charge >= 0.3 is 6.18 Å². The lowest BCUT2D eigenvalue weighted by molar-refractivity contribution is -0.137. The Balaban J connectivity index is 1.68. The van der Waals surface area contributed by atoms with E-state index < -0.39 is 11.7 Å². The second kappa shape index (κ2) is 9.61. The number of nitrogens with zero attached hydrogens (tertiary/aromatic N) is 5. The first-order valence-electron chi connectivity index (χ1n) is 11.1. The molecule has 0 saturated carbocycles. The third kappa shape index (κ3) is 5.32. The molecule has 1 amide bonds. The Labute approximate surface area is 195 Å². The number of pyridine rings is 1. The van der Waals surface area contributed by atoms with Crippen LogP contribution in [-0.2, 0) is 15.7 Å². The lowest BCUT2D eigenvalue weighted by atomic mass is 10.1. The van der Waals surface area contributed by atoms with Gasteiger partial charge in [-0.15, -0.1) is 0 Å². The first-order valence-corrected chi connectivity index (χ1v) is 11.1. The van der Waals surface area contributed by atoms with E-state index in [1.54, 1.807) is 4.90 Å². The number of alkyl halides is 3. The van der Waals surface area contributed by atoms with Crippen molar-refractivity contribution < 1.29 is 27.4 Å². The topological polar surface area (TPSA) is 107 Å². The normalized spacial score (nSPS) is 19.1. The maximum atomic E-state index is 13.8. The van der Waals surface area contributed by atoms with Crippen molar-refractivity contribution in [1.82, 2.24) is 19.9 Å². The second-order valence-electron chi connectivity index (χ2n) is 8.61. The number of ether oxygens (including phenoxy) is 2. The van der Waals surface area contributed by atoms with Crippen LogP contribution in [0, 0.1) is 5.92 Å². The predicted octanol–water partition coefficient (Wildman–Crippen LogP) is 2.61. The SMILES string of the molecule is CC(C)C(=O)N1CC[C@@H](Oc2cc(-c3cnc(N)cc3C(F)(F)F)nc(N3CCOCC3)n2)C1. The molecule has 0 aliphatic carbocycles. The molecule has 4 heterocycles. The first kappa shape index (κ1) is 24.0. The van der Waals surface area contributed by atoms with Gasteiger partial charge in [0.2, 0.25) is 17.7 Å². The third-order valence-electron chi connectivity index (χ3n) is 5.73. The summed E-state index contributed by atoms with van der Waals surface area (Å²) < 4.78 is 52.7. The molecule has 2 aromatic rings. The molecule has 0 spiro atoms. The zero-order chi connectivity index (χ0) is 24.5. The molecule has 184 valence electrons. The van der Waals surface area contributed by atoms with Gasteiger partial charge in [0.1, 0.15) is 11.9 Å². The molecular formula is C22H27F3N6O3. The quantitative estimate of drug-likeness (QED) is 0.696. The third-order valence-corrected chi connectivity index (χ3v) is 5.73. The molecule has 2 saturated heterocycles. The summed E-state index contributed by atoms with van der Waals surface area (Å²) in [5, 5.41) is 0. The number of hydrogen-bond donors (Lipinski definition) is 1. The molecule has 2 aliphatic heterocycles. The minimum atomic E-state index is -4.65. The first-order chi connectivity index (χ1) is 16.1. The van der Waals surface area contributed by atoms with Gasteiger partial charge in [0.05, 0.1) is 31.0 Å². The minimum Gasteiger partial charge on any atom is -0.472 e. The number of nitrogen functional groups attached to an aromatic ring is 1. The van der Waals surface area contributed by atoms with Crippen LogP contribution in [0.4, 0.5) is 24.9 Å². The largest absolute Gasteiger partial charge is 0.472 e. The van der Waals surface area contributed by atoms with Crippen LogP contribution < -0.4 is 15.4 Å². The van der Waals surface area contributed by atoms with Crippen LogP contribution in [-0.4, -0.2) is 71.3 Å². The Bertz CT molecular complexity index is 1040. The number of likely N-dealkylation sites (tertiary alicyclic amines) is 1. The van der Waals surface area contributed by atoms with Gasteiger partial charge in [-0.1, -0.05) is 13.8 Å². The fourth-order valence-electron chi connectivity index (χ4n) is 3.99. The summed E-state index contributed by atoms with van der Waals surface area (Å²) in [7, 11) is 0. The van der Waals surface area contributed by atoms with Gasteiger partial charge in [-0.3, -0.25) is 4.79 Å². The van der Waals surface area contributed by atoms with E-state index in [9.17, 15) is 18.0 Å². The highest BCUT2D eigenvalue weighted by molar-refractivity contribution is 5.78. The Morgan fingerprint density at radius 2 is 1.94 bits per heavy atom. The molecule has 0 radical (unpaired) electrons. The van der Waals surface area contributed by atoms with Gasteiger partial charge in [-0.05, 0) is 6.07 Å². The molecule has 0 aromatic carbocycles. The van der Waals surface area contributed by atoms with Crippen molar-refractivity contribution in [3.63, 3.8) is 0 Å². The van der Waals surface area contributed by atoms with Gasteiger partial charge < -0.3 is 25.0 Å². The lowest BCUT2D eigenvalue weighted by Gasteiger charge is -2.27. The molecule has 0 unspecified atom stereocenters. The van der Waals surface area contributed by atoms with Crippen molar-refractivity contribution in [2.45, 2.75) is 32.5 Å². The van der Waals surface area contributed by atoms with Crippen LogP contribution in [0.3, 0.4) is 0 Å². The molecule has 0 bridgehead atoms. The van der Waals surface area contributed by atoms with E-state index in [0.717, 1.165) is 12.3 Å². The Hall–Kier alpha value is -3.15. The summed E-state index contributed by atoms with van der Waals surface area (Å²) in [6.07, 6.45) is -3.32. The number of amides is 1. The molecule has 34 heavy (non-hydrogen) atoms. The highest BCUT2D eigenvalue weighted by Gasteiger charge is 2.35. The molecule has 2 aliphatic rings. The number of halogens is 3. The van der Waals surface area contributed by atoms with Crippen molar-refractivity contribution in [2.75, 3.05) is 50.0 Å². The van der Waals surface area contributed by atoms with Gasteiger partial charge in [0, 0.05) is 49.8 Å². The maximum Gasteiger partial charge on any atom is 0.417 e. The van der Waals surface area contributed by atoms with E-state index in [0.29, 0.717) is 45.8 Å². The van der Waals surface area contributed by atoms with Gasteiger partial charge in [-0.2, -0.15) is 18.2 Å². The van der Waals surface area contributed by atoms with Crippen LogP contribution in [0.2, 0.25) is 0 Å². The smallest absolute Gasteiger partial charge is 0.417 e. The Morgan fingerprint density at radius 1 is 1.21 bits per heavy atom. The second-order valence-corrected chi connectivity index (χ2v) is 8.61. The summed E-state index contributed by atoms with van der Waals surface area (Å²) in [6.45, 7) is 6.51. The molecule has 4 rings (SSSR count). The molecular weight excluding hydrogens is 453 g/mol. The molecule has 2 N–H and O–H groups in total. The van der Waals surface area contributed by atoms with Crippen molar-refractivity contribution in [3.8, 4) is 17.1 Å². The average molecular weight is 480 g/mol. The highest BCUT2D eigenvalue weighted by atomic mass is 19.4. The van der Waals surface area contributed by atoms with Crippen LogP contribution in [0.15, 0.2) is 18.3 Å². The summed E-state index contributed by atoms with van der Waals surface area (Å²) in [5.41, 5.74) is 4.40. The van der Waals surface area contributed by atoms with E-state index in [4.69, 9.17) is 15.2 Å². The van der Waals surface area contributed by atoms with Crippen LogP contribution >= 0.6 is 0 Å². The van der Waals surface area contributed by atoms with Gasteiger partial charge in [-0.25, -0.2) is 9.97 Å². The van der Waals surface area contributed by atoms with Gasteiger partial charge in [0.25, 0.3) is 0 Å². The van der Waals surface area contributed by atoms with E-state index in [1.807, 2.05) is 18.7 Å². The summed E-state index contributed by atoms with van der Waals surface area (Å²) in [5.74, 6) is 0.0485. The Morgan fingerprint density at radius 3 is 2.62 bits per heavy atom. The maximum absolute atomic E-state index is 13.8. The minimum absolute atomic E-state index is 0.0272. The van der Waals surface area contributed by atoms with Crippen molar-refractivity contribution in [1.29, 1.82) is 0 Å². The van der Waals surface area contributed by atoms with E-state index in [-0.39, 0.29) is 46.8 Å². The average Bonchev–Trinajstić information content (AvgIpc) is 3.26. The standard InChI is InChI=1S/C22H27F3N6O3/c1-13(2)20(32)31-4-3-14(12-31)34-19-10-17(28-21(29-19)30-5-7-33-8-6-30)15-11-27-18(26)9-16(15)22(23,24)25/h9-11,13-14H,3-8,12H2,1-2H3,(H2,26,27)/t14-/m1/s1. The highest BCUT2D eigenvalue weighted by Crippen LogP contribution is 2.38. The zero-order valence-corrected chi connectivity index (χ0v) is 19.0. The molecule has 9 nitrogen and oxygen atoms in total. The zero-order valence-electron chi connectivity index (χ0n) is 19.0. The number of morpholine rings is 1. The monoisotopic (exact) mass is 480 g/mol. The van der Waals surface area contributed by atoms with Crippen LogP contribution in [0.5, 0.6) is 5.88 Å². The fourth-order valence-corrected chi connectivity index (χ4v) is 3.99. The van der Waals surface area contributed by atoms with E-state index >= 15 is 0 Å². The summed E-state index contributed by atoms with van der Waals surface area (Å²) >= 11 is 0. The summed E-state index contributed by atoms with van der Waals surface area (Å²) in [6, 6.07) is 2.16. The number of carbonyl (C=O) groups is 1. The molecule has 2 fully saturated rings. The van der Waals surface area contributed by atoms with Crippen molar-refractivity contribution in [3.05, 3.63) is 23.9 Å². The van der Waals surface area contributed by atoms with Gasteiger partial charge in [0.15, 0.2) is 0 Å². The van der Waals surface area contributed by atoms with Crippen molar-refractivity contribution in [2.24, 2.45) is 5.92 Å². The van der Waals surface area contributed by atoms with Crippen molar-refractivity contribution >= 4 is 17.7 Å². The number of hydrogen-bond acceptors (Lipinski definition) is 8. The fraction of sp³-hybridized carbons (Fsp3) is 0.545. The van der Waals surface area contributed by atoms with E-state index in [2.05, 4.69) is 15.0 Å². The number of nitrogens with two attached hydrogens (primary N) is 1. The van der Waals surface area contributed by atoms with Crippen LogP contribution in [0.1, 0.15) is 25.8 Å². The van der Waals surface area contributed by atoms with Crippen LogP contribution in [0.25, 0.3) is 11.3 Å². The molecule has 1 atom stereocenters. The Kier molecular flexibility index (Phi) is 6.78. The number of anilines is 2. The molecule has 2 aromatic heterocycles. The van der Waals surface area contributed by atoms with E-state index in [1.165, 1.54) is 6.07 Å². The molecule has 12 heteroatoms. The number of aromatic nitrogens is 3. The summed E-state index contributed by atoms with van der Waals surface area (Å²) in [4.78, 5) is 28.6. The predicted molar refractivity (Wildman–Crippen MR) is 118 cm³/mol. The lowest BCUT2D eigenvalue weighted by Crippen LogP contribution is -2.37. The number of rotatable bonds is 5.